The first-order valence-electron chi connectivity index (χ1n) is 10.5. The zero-order valence-corrected chi connectivity index (χ0v) is 18.3. The molecule has 10 heteroatoms. The van der Waals surface area contributed by atoms with Crippen LogP contribution in [0, 0.1) is 10.1 Å². The maximum atomic E-state index is 12.1. The van der Waals surface area contributed by atoms with Crippen LogP contribution in [0.4, 0.5) is 28.7 Å². The van der Waals surface area contributed by atoms with E-state index in [2.05, 4.69) is 25.2 Å². The highest BCUT2D eigenvalue weighted by Crippen LogP contribution is 2.35. The Hall–Kier alpha value is -3.98. The number of nitrogens with zero attached hydrogens (tertiary/aromatic N) is 6. The van der Waals surface area contributed by atoms with E-state index < -0.39 is 4.92 Å². The van der Waals surface area contributed by atoms with Crippen molar-refractivity contribution in [3.63, 3.8) is 0 Å². The summed E-state index contributed by atoms with van der Waals surface area (Å²) in [5.41, 5.74) is 2.37. The van der Waals surface area contributed by atoms with E-state index in [1.54, 1.807) is 6.20 Å². The molecule has 1 saturated heterocycles. The average Bonchev–Trinajstić information content (AvgIpc) is 2.84. The predicted octanol–water partition coefficient (Wildman–Crippen LogP) is 4.66. The third kappa shape index (κ3) is 4.22. The zero-order valence-electron chi connectivity index (χ0n) is 17.6. The van der Waals surface area contributed by atoms with Gasteiger partial charge in [-0.2, -0.15) is 0 Å². The van der Waals surface area contributed by atoms with Crippen molar-refractivity contribution < 1.29 is 4.92 Å². The van der Waals surface area contributed by atoms with Gasteiger partial charge in [0.1, 0.15) is 6.33 Å². The molecule has 2 aromatic carbocycles. The second kappa shape index (κ2) is 8.87. The molecule has 1 N–H and O–H groups in total. The van der Waals surface area contributed by atoms with Crippen LogP contribution in [-0.2, 0) is 0 Å². The molecule has 0 saturated carbocycles. The number of hydrogen-bond acceptors (Lipinski definition) is 8. The normalized spacial score (nSPS) is 13.8. The van der Waals surface area contributed by atoms with Crippen LogP contribution in [0.3, 0.4) is 0 Å². The average molecular weight is 462 g/mol. The highest BCUT2D eigenvalue weighted by Gasteiger charge is 2.29. The second-order valence-electron chi connectivity index (χ2n) is 7.61. The number of hydrogen-bond donors (Lipinski definition) is 1. The van der Waals surface area contributed by atoms with E-state index >= 15 is 0 Å². The summed E-state index contributed by atoms with van der Waals surface area (Å²) in [7, 11) is 0. The Morgan fingerprint density at radius 3 is 2.52 bits per heavy atom. The van der Waals surface area contributed by atoms with E-state index in [0.717, 1.165) is 16.6 Å². The zero-order chi connectivity index (χ0) is 22.8. The van der Waals surface area contributed by atoms with Crippen molar-refractivity contribution in [3.8, 4) is 0 Å². The van der Waals surface area contributed by atoms with Gasteiger partial charge in [-0.15, -0.1) is 0 Å². The van der Waals surface area contributed by atoms with Gasteiger partial charge in [0.2, 0.25) is 11.6 Å². The molecule has 0 atom stereocenters. The molecular formula is C23H20ClN7O2. The molecule has 3 heterocycles. The van der Waals surface area contributed by atoms with Crippen LogP contribution >= 0.6 is 11.6 Å². The maximum Gasteiger partial charge on any atom is 0.353 e. The van der Waals surface area contributed by atoms with E-state index in [-0.39, 0.29) is 11.5 Å². The van der Waals surface area contributed by atoms with Gasteiger partial charge in [0, 0.05) is 54.2 Å². The van der Waals surface area contributed by atoms with Gasteiger partial charge in [-0.1, -0.05) is 23.7 Å². The number of pyridine rings is 1. The highest BCUT2D eigenvalue weighted by atomic mass is 35.5. The third-order valence-electron chi connectivity index (χ3n) is 5.64. The standard InChI is InChI=1S/C23H20ClN7O2/c24-16-4-1-5-17(14-16)29-10-12-30(13-11-29)23-21(31(32)33)22(26-15-27-23)28-20-8-2-7-19-18(20)6-3-9-25-19/h1-9,14-15H,10-13H2,(H,26,27,28). The van der Waals surface area contributed by atoms with E-state index in [1.165, 1.54) is 6.33 Å². The number of benzene rings is 2. The Labute approximate surface area is 194 Å². The minimum absolute atomic E-state index is 0.144. The lowest BCUT2D eigenvalue weighted by atomic mass is 10.2. The number of halogens is 1. The molecule has 0 spiro atoms. The molecule has 1 aliphatic heterocycles. The molecule has 2 aromatic heterocycles. The van der Waals surface area contributed by atoms with E-state index in [9.17, 15) is 10.1 Å². The monoisotopic (exact) mass is 461 g/mol. The van der Waals surface area contributed by atoms with Crippen molar-refractivity contribution in [1.29, 1.82) is 0 Å². The summed E-state index contributed by atoms with van der Waals surface area (Å²) in [6.07, 6.45) is 3.07. The third-order valence-corrected chi connectivity index (χ3v) is 5.87. The van der Waals surface area contributed by atoms with Crippen LogP contribution in [0.1, 0.15) is 0 Å². The van der Waals surface area contributed by atoms with Gasteiger partial charge in [0.25, 0.3) is 0 Å². The smallest absolute Gasteiger partial charge is 0.353 e. The molecule has 1 fully saturated rings. The van der Waals surface area contributed by atoms with Gasteiger partial charge in [-0.05, 0) is 42.5 Å². The molecule has 0 amide bonds. The van der Waals surface area contributed by atoms with Crippen LogP contribution in [0.5, 0.6) is 0 Å². The topological polar surface area (TPSA) is 100 Å². The first-order valence-corrected chi connectivity index (χ1v) is 10.8. The Morgan fingerprint density at radius 2 is 1.73 bits per heavy atom. The van der Waals surface area contributed by atoms with E-state index in [1.807, 2.05) is 59.5 Å². The van der Waals surface area contributed by atoms with Crippen molar-refractivity contribution in [3.05, 3.63) is 82.3 Å². The Bertz CT molecular complexity index is 1320. The summed E-state index contributed by atoms with van der Waals surface area (Å²) >= 11 is 6.12. The fourth-order valence-electron chi connectivity index (χ4n) is 4.05. The number of nitro groups is 1. The molecule has 0 aliphatic carbocycles. The lowest BCUT2D eigenvalue weighted by Crippen LogP contribution is -2.47. The first-order chi connectivity index (χ1) is 16.1. The van der Waals surface area contributed by atoms with Crippen LogP contribution < -0.4 is 15.1 Å². The maximum absolute atomic E-state index is 12.1. The molecule has 5 rings (SSSR count). The number of piperazine rings is 1. The van der Waals surface area contributed by atoms with Crippen molar-refractivity contribution in [2.24, 2.45) is 0 Å². The first kappa shape index (κ1) is 20.9. The van der Waals surface area contributed by atoms with Gasteiger partial charge in [-0.3, -0.25) is 15.1 Å². The number of rotatable bonds is 5. The van der Waals surface area contributed by atoms with Gasteiger partial charge in [-0.25, -0.2) is 9.97 Å². The van der Waals surface area contributed by atoms with Gasteiger partial charge in [0.15, 0.2) is 0 Å². The number of fused-ring (bicyclic) bond motifs is 1. The van der Waals surface area contributed by atoms with Crippen molar-refractivity contribution in [2.45, 2.75) is 0 Å². The van der Waals surface area contributed by atoms with Crippen LogP contribution in [0.15, 0.2) is 67.1 Å². The lowest BCUT2D eigenvalue weighted by Gasteiger charge is -2.36. The Balaban J connectivity index is 1.42. The summed E-state index contributed by atoms with van der Waals surface area (Å²) < 4.78 is 0. The summed E-state index contributed by atoms with van der Waals surface area (Å²) in [5.74, 6) is 0.459. The molecule has 33 heavy (non-hydrogen) atoms. The predicted molar refractivity (Wildman–Crippen MR) is 130 cm³/mol. The Morgan fingerprint density at radius 1 is 0.939 bits per heavy atom. The van der Waals surface area contributed by atoms with Gasteiger partial charge >= 0.3 is 5.69 Å². The van der Waals surface area contributed by atoms with Crippen molar-refractivity contribution >= 4 is 51.2 Å². The SMILES string of the molecule is O=[N+]([O-])c1c(Nc2cccc3ncccc23)ncnc1N1CCN(c2cccc(Cl)c2)CC1. The number of aromatic nitrogens is 3. The second-order valence-corrected chi connectivity index (χ2v) is 8.04. The molecule has 9 nitrogen and oxygen atoms in total. The lowest BCUT2D eigenvalue weighted by molar-refractivity contribution is -0.383. The molecule has 0 unspecified atom stereocenters. The number of nitrogens with one attached hydrogen (secondary N) is 1. The number of anilines is 4. The largest absolute Gasteiger partial charge is 0.368 e. The fourth-order valence-corrected chi connectivity index (χ4v) is 4.23. The van der Waals surface area contributed by atoms with E-state index in [0.29, 0.717) is 42.7 Å². The molecular weight excluding hydrogens is 442 g/mol. The summed E-state index contributed by atoms with van der Waals surface area (Å²) in [6, 6.07) is 17.0. The van der Waals surface area contributed by atoms with Crippen LogP contribution in [-0.4, -0.2) is 46.1 Å². The van der Waals surface area contributed by atoms with Crippen LogP contribution in [0.25, 0.3) is 10.9 Å². The van der Waals surface area contributed by atoms with Crippen LogP contribution in [0.2, 0.25) is 5.02 Å². The van der Waals surface area contributed by atoms with E-state index in [4.69, 9.17) is 11.6 Å². The summed E-state index contributed by atoms with van der Waals surface area (Å²) in [5, 5.41) is 16.7. The minimum atomic E-state index is -0.426. The van der Waals surface area contributed by atoms with Crippen molar-refractivity contribution in [1.82, 2.24) is 15.0 Å². The Kier molecular flexibility index (Phi) is 5.62. The molecule has 0 radical (unpaired) electrons. The molecule has 4 aromatic rings. The minimum Gasteiger partial charge on any atom is -0.368 e. The van der Waals surface area contributed by atoms with Crippen molar-refractivity contribution in [2.75, 3.05) is 41.3 Å². The van der Waals surface area contributed by atoms with Gasteiger partial charge < -0.3 is 15.1 Å². The molecule has 166 valence electrons. The highest BCUT2D eigenvalue weighted by molar-refractivity contribution is 6.30. The molecule has 0 bridgehead atoms. The molecule has 1 aliphatic rings. The quantitative estimate of drug-likeness (QED) is 0.338. The van der Waals surface area contributed by atoms with Gasteiger partial charge in [0.05, 0.1) is 10.4 Å². The summed E-state index contributed by atoms with van der Waals surface area (Å²) in [6.45, 7) is 2.56. The summed E-state index contributed by atoms with van der Waals surface area (Å²) in [4.78, 5) is 28.6. The fraction of sp³-hybridized carbons (Fsp3) is 0.174.